The molecule has 0 saturated heterocycles. The number of likely N-dealkylation sites (N-methyl/N-ethyl adjacent to an activating group) is 2. The van der Waals surface area contributed by atoms with Crippen molar-refractivity contribution in [3.63, 3.8) is 0 Å². The van der Waals surface area contributed by atoms with Crippen LogP contribution in [0, 0.1) is 17.3 Å². The number of aliphatic hydroxyl groups excluding tert-OH is 3. The van der Waals surface area contributed by atoms with Crippen LogP contribution in [-0.2, 0) is 27.3 Å². The molecule has 1 amide bonds. The van der Waals surface area contributed by atoms with Crippen LogP contribution >= 0.6 is 11.6 Å². The number of nitrogens with zero attached hydrogens (tertiary/aromatic N) is 2. The number of primary amides is 1. The van der Waals surface area contributed by atoms with Gasteiger partial charge in [-0.2, -0.15) is 0 Å². The third-order valence-corrected chi connectivity index (χ3v) is 9.59. The number of hydrogen-bond acceptors (Lipinski definition) is 10. The van der Waals surface area contributed by atoms with Crippen LogP contribution in [0.25, 0.3) is 5.76 Å². The van der Waals surface area contributed by atoms with Gasteiger partial charge in [0.1, 0.15) is 22.8 Å². The summed E-state index contributed by atoms with van der Waals surface area (Å²) in [6.45, 7) is 8.81. The normalized spacial score (nSPS) is 26.9. The molecule has 5 atom stereocenters. The van der Waals surface area contributed by atoms with Crippen LogP contribution in [0.3, 0.4) is 0 Å². The summed E-state index contributed by atoms with van der Waals surface area (Å²) in [7, 11) is 3.09. The molecular weight excluding hydrogens is 566 g/mol. The fourth-order valence-electron chi connectivity index (χ4n) is 7.06. The molecule has 0 bridgehead atoms. The van der Waals surface area contributed by atoms with E-state index < -0.39 is 58.0 Å². The SMILES string of the molecule is CCN(Cc1cc(O)c2c(c1Cl)C[C@H]1C[C@H]3[C@H](N(C)C)C(=O)C(C(N)=O)=C(O)[C@@]3(O)C(=O)C1=C2O)[C@H](CO)C(C)(C)C. The second kappa shape index (κ2) is 10.9. The molecule has 42 heavy (non-hydrogen) atoms. The molecule has 0 unspecified atom stereocenters. The molecule has 0 aromatic heterocycles. The highest BCUT2D eigenvalue weighted by molar-refractivity contribution is 6.32. The maximum Gasteiger partial charge on any atom is 0.255 e. The Balaban J connectivity index is 1.86. The van der Waals surface area contributed by atoms with Crippen molar-refractivity contribution in [1.82, 2.24) is 9.80 Å². The van der Waals surface area contributed by atoms with Gasteiger partial charge in [0.15, 0.2) is 11.4 Å². The molecule has 4 rings (SSSR count). The van der Waals surface area contributed by atoms with Gasteiger partial charge < -0.3 is 31.3 Å². The van der Waals surface area contributed by atoms with Crippen LogP contribution in [0.4, 0.5) is 0 Å². The fourth-order valence-corrected chi connectivity index (χ4v) is 7.35. The van der Waals surface area contributed by atoms with Gasteiger partial charge in [-0.15, -0.1) is 0 Å². The minimum absolute atomic E-state index is 0.0230. The number of benzene rings is 1. The predicted molar refractivity (Wildman–Crippen MR) is 156 cm³/mol. The number of rotatable bonds is 7. The second-order valence-corrected chi connectivity index (χ2v) is 13.2. The summed E-state index contributed by atoms with van der Waals surface area (Å²) >= 11 is 6.91. The van der Waals surface area contributed by atoms with Crippen molar-refractivity contribution < 1.29 is 39.9 Å². The average molecular weight is 606 g/mol. The van der Waals surface area contributed by atoms with Gasteiger partial charge in [0, 0.05) is 29.1 Å². The first-order valence-electron chi connectivity index (χ1n) is 14.0. The lowest BCUT2D eigenvalue weighted by Gasteiger charge is -2.50. The lowest BCUT2D eigenvalue weighted by Crippen LogP contribution is -2.65. The molecule has 1 aromatic rings. The lowest BCUT2D eigenvalue weighted by molar-refractivity contribution is -0.153. The Morgan fingerprint density at radius 2 is 1.83 bits per heavy atom. The van der Waals surface area contributed by atoms with Gasteiger partial charge in [0.2, 0.25) is 5.78 Å². The molecule has 12 heteroatoms. The van der Waals surface area contributed by atoms with Crippen molar-refractivity contribution >= 4 is 34.8 Å². The molecule has 1 fully saturated rings. The highest BCUT2D eigenvalue weighted by Crippen LogP contribution is 2.53. The monoisotopic (exact) mass is 605 g/mol. The van der Waals surface area contributed by atoms with Crippen molar-refractivity contribution in [3.8, 4) is 5.75 Å². The maximum absolute atomic E-state index is 13.9. The number of phenolic OH excluding ortho intramolecular Hbond substituents is 1. The number of ketones is 2. The first-order valence-corrected chi connectivity index (χ1v) is 14.3. The zero-order chi connectivity index (χ0) is 31.6. The molecule has 1 aromatic carbocycles. The number of aromatic hydroxyl groups is 1. The van der Waals surface area contributed by atoms with Crippen LogP contribution in [-0.4, -0.2) is 97.7 Å². The number of hydrogen-bond donors (Lipinski definition) is 6. The van der Waals surface area contributed by atoms with E-state index >= 15 is 0 Å². The Morgan fingerprint density at radius 1 is 1.21 bits per heavy atom. The Morgan fingerprint density at radius 3 is 2.33 bits per heavy atom. The van der Waals surface area contributed by atoms with E-state index in [1.54, 1.807) is 14.1 Å². The second-order valence-electron chi connectivity index (χ2n) is 12.8. The van der Waals surface area contributed by atoms with Gasteiger partial charge in [-0.1, -0.05) is 39.3 Å². The van der Waals surface area contributed by atoms with E-state index in [1.807, 2.05) is 32.6 Å². The third kappa shape index (κ3) is 4.71. The van der Waals surface area contributed by atoms with E-state index in [9.17, 15) is 39.9 Å². The highest BCUT2D eigenvalue weighted by atomic mass is 35.5. The average Bonchev–Trinajstić information content (AvgIpc) is 2.87. The highest BCUT2D eigenvalue weighted by Gasteiger charge is 2.64. The van der Waals surface area contributed by atoms with Crippen molar-refractivity contribution in [3.05, 3.63) is 44.7 Å². The molecule has 0 radical (unpaired) electrons. The summed E-state index contributed by atoms with van der Waals surface area (Å²) in [4.78, 5) is 42.8. The summed E-state index contributed by atoms with van der Waals surface area (Å²) in [5.41, 5.74) is 2.24. The van der Waals surface area contributed by atoms with E-state index in [0.29, 0.717) is 24.2 Å². The van der Waals surface area contributed by atoms with Gasteiger partial charge in [-0.05, 0) is 62.0 Å². The van der Waals surface area contributed by atoms with Crippen LogP contribution in [0.15, 0.2) is 23.0 Å². The summed E-state index contributed by atoms with van der Waals surface area (Å²) < 4.78 is 0. The van der Waals surface area contributed by atoms with E-state index in [0.717, 1.165) is 0 Å². The minimum Gasteiger partial charge on any atom is -0.508 e. The Hall–Kier alpha value is -2.96. The zero-order valence-electron chi connectivity index (χ0n) is 24.7. The molecule has 230 valence electrons. The molecule has 0 aliphatic heterocycles. The van der Waals surface area contributed by atoms with Crippen LogP contribution in [0.1, 0.15) is 50.8 Å². The summed E-state index contributed by atoms with van der Waals surface area (Å²) in [5.74, 6) is -7.11. The number of carbonyl (C=O) groups is 3. The predicted octanol–water partition coefficient (Wildman–Crippen LogP) is 1.85. The third-order valence-electron chi connectivity index (χ3n) is 9.12. The van der Waals surface area contributed by atoms with Crippen LogP contribution in [0.5, 0.6) is 5.75 Å². The van der Waals surface area contributed by atoms with Gasteiger partial charge >= 0.3 is 0 Å². The summed E-state index contributed by atoms with van der Waals surface area (Å²) in [6, 6.07) is 0.0407. The molecular formula is C30H40ClN3O8. The molecule has 1 saturated carbocycles. The number of nitrogens with two attached hydrogens (primary N) is 1. The van der Waals surface area contributed by atoms with Gasteiger partial charge in [-0.25, -0.2) is 0 Å². The first kappa shape index (κ1) is 32.0. The topological polar surface area (TPSA) is 185 Å². The molecule has 3 aliphatic rings. The summed E-state index contributed by atoms with van der Waals surface area (Å²) in [6.07, 6.45) is 0.0778. The minimum atomic E-state index is -2.70. The van der Waals surface area contributed by atoms with E-state index in [-0.39, 0.29) is 52.8 Å². The zero-order valence-corrected chi connectivity index (χ0v) is 25.5. The number of phenols is 1. The molecule has 0 spiro atoms. The van der Waals surface area contributed by atoms with Crippen molar-refractivity contribution in [2.75, 3.05) is 27.2 Å². The molecule has 7 N–H and O–H groups in total. The maximum atomic E-state index is 13.9. The fraction of sp³-hybridized carbons (Fsp3) is 0.567. The molecule has 11 nitrogen and oxygen atoms in total. The number of carbonyl (C=O) groups excluding carboxylic acids is 3. The quantitative estimate of drug-likeness (QED) is 0.251. The largest absolute Gasteiger partial charge is 0.508 e. The first-order chi connectivity index (χ1) is 19.4. The standard InChI is InChI=1S/C30H40ClN3O8/c1-7-34(18(12-35)29(2,3)4)11-14-10-17(36)20-15(22(14)31)8-13-9-16-23(33(5)6)25(38)21(28(32)41)27(40)30(16,42)26(39)19(13)24(20)37/h10,13,16,18,23,35-37,40,42H,7-9,11-12H2,1-6H3,(H2,32,41)/t13-,16-,18+,23-,30-/m0/s1. The number of fused-ring (bicyclic) bond motifs is 3. The van der Waals surface area contributed by atoms with Gasteiger partial charge in [-0.3, -0.25) is 24.2 Å². The van der Waals surface area contributed by atoms with Gasteiger partial charge in [0.25, 0.3) is 5.91 Å². The Bertz CT molecular complexity index is 1410. The lowest BCUT2D eigenvalue weighted by atomic mass is 9.57. The van der Waals surface area contributed by atoms with E-state index in [2.05, 4.69) is 0 Å². The Kier molecular flexibility index (Phi) is 8.33. The van der Waals surface area contributed by atoms with Crippen molar-refractivity contribution in [2.24, 2.45) is 23.0 Å². The number of Topliss-reactive ketones (excluding diaryl/α,β-unsaturated/α-hetero) is 2. The molecule has 3 aliphatic carbocycles. The number of amides is 1. The van der Waals surface area contributed by atoms with Crippen molar-refractivity contribution in [2.45, 2.75) is 64.8 Å². The summed E-state index contributed by atoms with van der Waals surface area (Å²) in [5, 5.41) is 55.6. The Labute approximate surface area is 249 Å². The van der Waals surface area contributed by atoms with Crippen LogP contribution < -0.4 is 5.73 Å². The van der Waals surface area contributed by atoms with Crippen molar-refractivity contribution in [1.29, 1.82) is 0 Å². The van der Waals surface area contributed by atoms with Crippen LogP contribution in [0.2, 0.25) is 5.02 Å². The number of halogens is 1. The van der Waals surface area contributed by atoms with E-state index in [4.69, 9.17) is 17.3 Å². The van der Waals surface area contributed by atoms with E-state index in [1.165, 1.54) is 11.0 Å². The molecule has 0 heterocycles. The van der Waals surface area contributed by atoms with Gasteiger partial charge in [0.05, 0.1) is 18.2 Å². The number of aliphatic hydroxyl groups is 4. The smallest absolute Gasteiger partial charge is 0.255 e.